The summed E-state index contributed by atoms with van der Waals surface area (Å²) in [6.45, 7) is 5.83. The molecule has 0 bridgehead atoms. The SMILES string of the molecule is CCn1cc(S(=O)(=O)N(C)CC2CC2C)cc1CN. The highest BCUT2D eigenvalue weighted by atomic mass is 32.2. The highest BCUT2D eigenvalue weighted by Crippen LogP contribution is 2.38. The molecule has 1 aliphatic carbocycles. The second-order valence-corrected chi connectivity index (χ2v) is 7.46. The summed E-state index contributed by atoms with van der Waals surface area (Å²) >= 11 is 0. The van der Waals surface area contributed by atoms with Gasteiger partial charge in [0.2, 0.25) is 10.0 Å². The number of aryl methyl sites for hydroxylation is 1. The molecule has 0 saturated heterocycles. The van der Waals surface area contributed by atoms with Crippen LogP contribution in [0.25, 0.3) is 0 Å². The number of sulfonamides is 1. The monoisotopic (exact) mass is 285 g/mol. The maximum Gasteiger partial charge on any atom is 0.244 e. The van der Waals surface area contributed by atoms with E-state index in [-0.39, 0.29) is 0 Å². The van der Waals surface area contributed by atoms with Crippen LogP contribution in [-0.2, 0) is 23.1 Å². The van der Waals surface area contributed by atoms with Crippen molar-refractivity contribution in [3.8, 4) is 0 Å². The Hall–Kier alpha value is -0.850. The minimum atomic E-state index is -3.38. The van der Waals surface area contributed by atoms with E-state index in [0.29, 0.717) is 29.8 Å². The average Bonchev–Trinajstić information content (AvgIpc) is 2.92. The molecular weight excluding hydrogens is 262 g/mol. The number of hydrogen-bond donors (Lipinski definition) is 1. The van der Waals surface area contributed by atoms with Crippen LogP contribution in [0.2, 0.25) is 0 Å². The Balaban J connectivity index is 2.20. The summed E-state index contributed by atoms with van der Waals surface area (Å²) in [6, 6.07) is 1.69. The molecule has 0 amide bonds. The van der Waals surface area contributed by atoms with E-state index in [1.54, 1.807) is 19.3 Å². The summed E-state index contributed by atoms with van der Waals surface area (Å²) in [5.41, 5.74) is 6.49. The van der Waals surface area contributed by atoms with Crippen LogP contribution < -0.4 is 5.73 Å². The normalized spacial score (nSPS) is 23.0. The zero-order chi connectivity index (χ0) is 14.2. The van der Waals surface area contributed by atoms with Gasteiger partial charge in [-0.3, -0.25) is 0 Å². The first-order chi connectivity index (χ1) is 8.90. The predicted molar refractivity (Wildman–Crippen MR) is 75.1 cm³/mol. The van der Waals surface area contributed by atoms with Crippen molar-refractivity contribution < 1.29 is 8.42 Å². The smallest absolute Gasteiger partial charge is 0.244 e. The fraction of sp³-hybridized carbons (Fsp3) is 0.692. The molecule has 6 heteroatoms. The van der Waals surface area contributed by atoms with Gasteiger partial charge in [-0.1, -0.05) is 6.92 Å². The van der Waals surface area contributed by atoms with Crippen LogP contribution in [0.3, 0.4) is 0 Å². The molecule has 0 radical (unpaired) electrons. The van der Waals surface area contributed by atoms with Crippen LogP contribution in [0.1, 0.15) is 26.0 Å². The van der Waals surface area contributed by atoms with Gasteiger partial charge < -0.3 is 10.3 Å². The lowest BCUT2D eigenvalue weighted by Crippen LogP contribution is -2.29. The zero-order valence-electron chi connectivity index (χ0n) is 11.8. The minimum absolute atomic E-state index is 0.352. The molecular formula is C13H23N3O2S. The minimum Gasteiger partial charge on any atom is -0.349 e. The van der Waals surface area contributed by atoms with Gasteiger partial charge in [0, 0.05) is 38.6 Å². The van der Waals surface area contributed by atoms with Crippen molar-refractivity contribution in [2.45, 2.75) is 38.3 Å². The van der Waals surface area contributed by atoms with E-state index < -0.39 is 10.0 Å². The van der Waals surface area contributed by atoms with Gasteiger partial charge in [-0.2, -0.15) is 0 Å². The highest BCUT2D eigenvalue weighted by Gasteiger charge is 2.36. The lowest BCUT2D eigenvalue weighted by atomic mass is 10.3. The summed E-state index contributed by atoms with van der Waals surface area (Å²) in [6.07, 6.45) is 2.81. The predicted octanol–water partition coefficient (Wildman–Crippen LogP) is 1.24. The second-order valence-electron chi connectivity index (χ2n) is 5.42. The standard InChI is InChI=1S/C13H23N3O2S/c1-4-16-9-13(6-12(16)7-14)19(17,18)15(3)8-11-5-10(11)2/h6,9-11H,4-5,7-8,14H2,1-3H3. The van der Waals surface area contributed by atoms with Gasteiger partial charge in [-0.25, -0.2) is 12.7 Å². The molecule has 1 aromatic rings. The molecule has 2 atom stereocenters. The van der Waals surface area contributed by atoms with Crippen molar-refractivity contribution in [2.75, 3.05) is 13.6 Å². The van der Waals surface area contributed by atoms with Crippen LogP contribution in [0.15, 0.2) is 17.2 Å². The van der Waals surface area contributed by atoms with Crippen molar-refractivity contribution in [1.82, 2.24) is 8.87 Å². The van der Waals surface area contributed by atoms with Gasteiger partial charge in [0.05, 0.1) is 0 Å². The Morgan fingerprint density at radius 1 is 1.53 bits per heavy atom. The third-order valence-electron chi connectivity index (χ3n) is 3.99. The van der Waals surface area contributed by atoms with Crippen molar-refractivity contribution in [2.24, 2.45) is 17.6 Å². The Bertz CT molecular complexity index is 529. The summed E-state index contributed by atoms with van der Waals surface area (Å²) in [4.78, 5) is 0.352. The molecule has 2 unspecified atom stereocenters. The van der Waals surface area contributed by atoms with Gasteiger partial charge in [-0.15, -0.1) is 0 Å². The quantitative estimate of drug-likeness (QED) is 0.855. The number of nitrogens with zero attached hydrogens (tertiary/aromatic N) is 2. The van der Waals surface area contributed by atoms with Crippen molar-refractivity contribution in [3.05, 3.63) is 18.0 Å². The van der Waals surface area contributed by atoms with E-state index in [1.165, 1.54) is 4.31 Å². The summed E-state index contributed by atoms with van der Waals surface area (Å²) in [5, 5.41) is 0. The van der Waals surface area contributed by atoms with Crippen molar-refractivity contribution in [3.63, 3.8) is 0 Å². The molecule has 0 aromatic carbocycles. The first-order valence-electron chi connectivity index (χ1n) is 6.75. The highest BCUT2D eigenvalue weighted by molar-refractivity contribution is 7.89. The maximum absolute atomic E-state index is 12.5. The zero-order valence-corrected chi connectivity index (χ0v) is 12.7. The van der Waals surface area contributed by atoms with Crippen LogP contribution in [0, 0.1) is 11.8 Å². The van der Waals surface area contributed by atoms with Gasteiger partial charge in [0.1, 0.15) is 4.90 Å². The molecule has 2 N–H and O–H groups in total. The van der Waals surface area contributed by atoms with E-state index in [1.807, 2.05) is 11.5 Å². The van der Waals surface area contributed by atoms with E-state index in [2.05, 4.69) is 6.92 Å². The van der Waals surface area contributed by atoms with Crippen LogP contribution in [0.4, 0.5) is 0 Å². The Kier molecular flexibility index (Phi) is 4.03. The number of nitrogens with two attached hydrogens (primary N) is 1. The molecule has 1 fully saturated rings. The van der Waals surface area contributed by atoms with Crippen LogP contribution in [-0.4, -0.2) is 30.9 Å². The molecule has 0 spiro atoms. The molecule has 5 nitrogen and oxygen atoms in total. The first kappa shape index (κ1) is 14.6. The molecule has 2 rings (SSSR count). The number of hydrogen-bond acceptors (Lipinski definition) is 3. The topological polar surface area (TPSA) is 68.3 Å². The van der Waals surface area contributed by atoms with Crippen molar-refractivity contribution >= 4 is 10.0 Å². The second kappa shape index (κ2) is 5.26. The van der Waals surface area contributed by atoms with E-state index in [0.717, 1.165) is 18.7 Å². The van der Waals surface area contributed by atoms with Gasteiger partial charge >= 0.3 is 0 Å². The average molecular weight is 285 g/mol. The van der Waals surface area contributed by atoms with E-state index in [4.69, 9.17) is 5.73 Å². The molecule has 1 aromatic heterocycles. The molecule has 19 heavy (non-hydrogen) atoms. The number of aromatic nitrogens is 1. The van der Waals surface area contributed by atoms with Crippen molar-refractivity contribution in [1.29, 1.82) is 0 Å². The summed E-state index contributed by atoms with van der Waals surface area (Å²) in [7, 11) is -1.72. The lowest BCUT2D eigenvalue weighted by molar-refractivity contribution is 0.444. The van der Waals surface area contributed by atoms with E-state index in [9.17, 15) is 8.42 Å². The molecule has 0 aliphatic heterocycles. The van der Waals surface area contributed by atoms with Gasteiger partial charge in [0.25, 0.3) is 0 Å². The molecule has 1 aliphatic rings. The maximum atomic E-state index is 12.5. The Labute approximate surface area is 115 Å². The number of rotatable bonds is 6. The van der Waals surface area contributed by atoms with Gasteiger partial charge in [0.15, 0.2) is 0 Å². The lowest BCUT2D eigenvalue weighted by Gasteiger charge is -2.15. The Morgan fingerprint density at radius 2 is 2.16 bits per heavy atom. The largest absolute Gasteiger partial charge is 0.349 e. The molecule has 108 valence electrons. The first-order valence-corrected chi connectivity index (χ1v) is 8.19. The third-order valence-corrected chi connectivity index (χ3v) is 5.78. The fourth-order valence-corrected chi connectivity index (χ4v) is 3.69. The summed E-state index contributed by atoms with van der Waals surface area (Å²) in [5.74, 6) is 1.17. The summed E-state index contributed by atoms with van der Waals surface area (Å²) < 4.78 is 28.3. The van der Waals surface area contributed by atoms with Crippen LogP contribution in [0.5, 0.6) is 0 Å². The molecule has 1 saturated carbocycles. The van der Waals surface area contributed by atoms with E-state index >= 15 is 0 Å². The molecule has 1 heterocycles. The Morgan fingerprint density at radius 3 is 2.58 bits per heavy atom. The van der Waals surface area contributed by atoms with Crippen LogP contribution >= 0.6 is 0 Å². The fourth-order valence-electron chi connectivity index (χ4n) is 2.39. The third kappa shape index (κ3) is 2.85. The van der Waals surface area contributed by atoms with Gasteiger partial charge in [-0.05, 0) is 31.2 Å².